The lowest BCUT2D eigenvalue weighted by atomic mass is 10.3. The van der Waals surface area contributed by atoms with E-state index in [1.54, 1.807) is 14.0 Å². The van der Waals surface area contributed by atoms with Gasteiger partial charge < -0.3 is 9.64 Å². The molecule has 1 amide bonds. The van der Waals surface area contributed by atoms with Crippen LogP contribution < -0.4 is 0 Å². The van der Waals surface area contributed by atoms with Crippen molar-refractivity contribution < 1.29 is 17.9 Å². The Morgan fingerprint density at radius 1 is 1.48 bits per heavy atom. The summed E-state index contributed by atoms with van der Waals surface area (Å²) < 4.78 is 28.6. The van der Waals surface area contributed by atoms with Gasteiger partial charge in [0.15, 0.2) is 5.69 Å². The summed E-state index contributed by atoms with van der Waals surface area (Å²) in [6.45, 7) is 6.21. The lowest BCUT2D eigenvalue weighted by molar-refractivity contribution is 0.0527. The minimum absolute atomic E-state index is 0.0596. The van der Waals surface area contributed by atoms with Gasteiger partial charge in [0.2, 0.25) is 0 Å². The van der Waals surface area contributed by atoms with Crippen molar-refractivity contribution in [2.75, 3.05) is 20.2 Å². The number of hydrogen-bond donors (Lipinski definition) is 1. The summed E-state index contributed by atoms with van der Waals surface area (Å²) in [5.41, 5.74) is 0.133. The summed E-state index contributed by atoms with van der Waals surface area (Å²) in [4.78, 5) is 13.4. The molecule has 0 bridgehead atoms. The topological polar surface area (TPSA) is 92.4 Å². The molecule has 0 saturated carbocycles. The third kappa shape index (κ3) is 4.69. The molecule has 0 fully saturated rings. The molecule has 7 nitrogen and oxygen atoms in total. The number of carbonyl (C=O) groups is 1. The maximum absolute atomic E-state index is 12.3. The standard InChI is InChI=1S/C12H20ClN3O4S/c1-5-9-11(21(13,18)19)10(15-14-9)12(17)16(4)6-7-20-8(2)3/h8H,5-7H2,1-4H3,(H,14,15). The van der Waals surface area contributed by atoms with E-state index in [4.69, 9.17) is 15.4 Å². The van der Waals surface area contributed by atoms with Crippen LogP contribution in [0.5, 0.6) is 0 Å². The number of amides is 1. The van der Waals surface area contributed by atoms with Gasteiger partial charge in [-0.25, -0.2) is 8.42 Å². The SMILES string of the molecule is CCc1[nH]nc(C(=O)N(C)CCOC(C)C)c1S(=O)(=O)Cl. The average Bonchev–Trinajstić information content (AvgIpc) is 2.80. The second kappa shape index (κ2) is 7.24. The first-order chi connectivity index (χ1) is 9.68. The number of nitrogens with zero attached hydrogens (tertiary/aromatic N) is 2. The van der Waals surface area contributed by atoms with Gasteiger partial charge in [-0.15, -0.1) is 0 Å². The van der Waals surface area contributed by atoms with Gasteiger partial charge in [-0.3, -0.25) is 9.89 Å². The second-order valence-electron chi connectivity index (χ2n) is 4.82. The lowest BCUT2D eigenvalue weighted by Gasteiger charge is -2.17. The van der Waals surface area contributed by atoms with Gasteiger partial charge in [0.1, 0.15) is 4.90 Å². The quantitative estimate of drug-likeness (QED) is 0.759. The number of hydrogen-bond acceptors (Lipinski definition) is 5. The van der Waals surface area contributed by atoms with Crippen molar-refractivity contribution in [2.45, 2.75) is 38.2 Å². The molecular formula is C12H20ClN3O4S. The van der Waals surface area contributed by atoms with E-state index >= 15 is 0 Å². The fraction of sp³-hybridized carbons (Fsp3) is 0.667. The van der Waals surface area contributed by atoms with Crippen LogP contribution in [-0.2, 0) is 20.2 Å². The largest absolute Gasteiger partial charge is 0.377 e. The first kappa shape index (κ1) is 17.9. The molecule has 120 valence electrons. The number of ether oxygens (including phenoxy) is 1. The van der Waals surface area contributed by atoms with Crippen LogP contribution in [-0.4, -0.2) is 55.7 Å². The monoisotopic (exact) mass is 337 g/mol. The molecule has 0 radical (unpaired) electrons. The molecule has 21 heavy (non-hydrogen) atoms. The van der Waals surface area contributed by atoms with E-state index in [9.17, 15) is 13.2 Å². The second-order valence-corrected chi connectivity index (χ2v) is 7.32. The maximum Gasteiger partial charge on any atom is 0.275 e. The van der Waals surface area contributed by atoms with Gasteiger partial charge in [-0.1, -0.05) is 6.92 Å². The Kier molecular flexibility index (Phi) is 6.18. The Hall–Kier alpha value is -1.12. The molecule has 0 saturated heterocycles. The minimum Gasteiger partial charge on any atom is -0.377 e. The zero-order valence-electron chi connectivity index (χ0n) is 12.5. The molecule has 1 N–H and O–H groups in total. The van der Waals surface area contributed by atoms with E-state index in [1.807, 2.05) is 13.8 Å². The Morgan fingerprint density at radius 2 is 2.10 bits per heavy atom. The Bertz CT molecular complexity index is 598. The highest BCUT2D eigenvalue weighted by atomic mass is 35.7. The van der Waals surface area contributed by atoms with Crippen LogP contribution in [0.15, 0.2) is 4.90 Å². The first-order valence-electron chi connectivity index (χ1n) is 6.57. The van der Waals surface area contributed by atoms with Gasteiger partial charge in [-0.2, -0.15) is 5.10 Å². The molecule has 1 heterocycles. The number of aromatic nitrogens is 2. The summed E-state index contributed by atoms with van der Waals surface area (Å²) in [5, 5.41) is 6.35. The molecule has 0 atom stereocenters. The van der Waals surface area contributed by atoms with E-state index in [0.29, 0.717) is 25.3 Å². The van der Waals surface area contributed by atoms with Gasteiger partial charge in [0.05, 0.1) is 18.4 Å². The molecule has 0 aliphatic rings. The third-order valence-corrected chi connectivity index (χ3v) is 4.21. The van der Waals surface area contributed by atoms with Gasteiger partial charge >= 0.3 is 0 Å². The highest BCUT2D eigenvalue weighted by Gasteiger charge is 2.29. The number of halogens is 1. The highest BCUT2D eigenvalue weighted by Crippen LogP contribution is 2.23. The van der Waals surface area contributed by atoms with Crippen LogP contribution in [0.25, 0.3) is 0 Å². The molecule has 1 aromatic heterocycles. The molecular weight excluding hydrogens is 318 g/mol. The van der Waals surface area contributed by atoms with Crippen molar-refractivity contribution in [1.29, 1.82) is 0 Å². The summed E-state index contributed by atoms with van der Waals surface area (Å²) in [5.74, 6) is -0.516. The molecule has 0 unspecified atom stereocenters. The molecule has 0 aliphatic heterocycles. The van der Waals surface area contributed by atoms with Gasteiger partial charge in [0.25, 0.3) is 15.0 Å². The van der Waals surface area contributed by atoms with Gasteiger partial charge in [-0.05, 0) is 20.3 Å². The van der Waals surface area contributed by atoms with Gasteiger partial charge in [0, 0.05) is 24.3 Å². The van der Waals surface area contributed by atoms with Crippen molar-refractivity contribution in [2.24, 2.45) is 0 Å². The fourth-order valence-corrected chi connectivity index (χ4v) is 3.07. The normalized spacial score (nSPS) is 11.9. The zero-order valence-corrected chi connectivity index (χ0v) is 14.1. The third-order valence-electron chi connectivity index (χ3n) is 2.82. The summed E-state index contributed by atoms with van der Waals surface area (Å²) in [7, 11) is 2.91. The van der Waals surface area contributed by atoms with Crippen LogP contribution in [0.2, 0.25) is 0 Å². The number of aromatic amines is 1. The summed E-state index contributed by atoms with van der Waals surface area (Å²) >= 11 is 0. The fourth-order valence-electron chi connectivity index (χ4n) is 1.72. The van der Waals surface area contributed by atoms with Crippen molar-refractivity contribution >= 4 is 25.6 Å². The molecule has 0 aromatic carbocycles. The predicted molar refractivity (Wildman–Crippen MR) is 79.1 cm³/mol. The minimum atomic E-state index is -4.05. The van der Waals surface area contributed by atoms with Crippen LogP contribution >= 0.6 is 10.7 Å². The average molecular weight is 338 g/mol. The van der Waals surface area contributed by atoms with E-state index in [0.717, 1.165) is 0 Å². The van der Waals surface area contributed by atoms with E-state index in [1.165, 1.54) is 4.90 Å². The number of H-pyrrole nitrogens is 1. The number of nitrogens with one attached hydrogen (secondary N) is 1. The summed E-state index contributed by atoms with van der Waals surface area (Å²) in [6.07, 6.45) is 0.436. The Balaban J connectivity index is 2.95. The number of aryl methyl sites for hydroxylation is 1. The Labute approximate surface area is 129 Å². The molecule has 0 aliphatic carbocycles. The molecule has 0 spiro atoms. The molecule has 1 rings (SSSR count). The van der Waals surface area contributed by atoms with Crippen LogP contribution in [0, 0.1) is 0 Å². The van der Waals surface area contributed by atoms with Crippen molar-refractivity contribution in [1.82, 2.24) is 15.1 Å². The van der Waals surface area contributed by atoms with E-state index < -0.39 is 15.0 Å². The van der Waals surface area contributed by atoms with Crippen LogP contribution in [0.4, 0.5) is 0 Å². The predicted octanol–water partition coefficient (Wildman–Crippen LogP) is 1.40. The first-order valence-corrected chi connectivity index (χ1v) is 8.88. The van der Waals surface area contributed by atoms with Crippen molar-refractivity contribution in [3.63, 3.8) is 0 Å². The number of likely N-dealkylation sites (N-methyl/N-ethyl adjacent to an activating group) is 1. The highest BCUT2D eigenvalue weighted by molar-refractivity contribution is 8.13. The maximum atomic E-state index is 12.3. The summed E-state index contributed by atoms with van der Waals surface area (Å²) in [6, 6.07) is 0. The lowest BCUT2D eigenvalue weighted by Crippen LogP contribution is -2.31. The van der Waals surface area contributed by atoms with Crippen molar-refractivity contribution in [3.8, 4) is 0 Å². The van der Waals surface area contributed by atoms with E-state index in [-0.39, 0.29) is 16.7 Å². The Morgan fingerprint density at radius 3 is 2.57 bits per heavy atom. The van der Waals surface area contributed by atoms with E-state index in [2.05, 4.69) is 10.2 Å². The number of rotatable bonds is 7. The van der Waals surface area contributed by atoms with Crippen LogP contribution in [0.3, 0.4) is 0 Å². The van der Waals surface area contributed by atoms with Crippen molar-refractivity contribution in [3.05, 3.63) is 11.4 Å². The van der Waals surface area contributed by atoms with Crippen LogP contribution in [0.1, 0.15) is 37.0 Å². The zero-order chi connectivity index (χ0) is 16.2. The number of carbonyl (C=O) groups excluding carboxylic acids is 1. The molecule has 9 heteroatoms. The molecule has 1 aromatic rings. The smallest absolute Gasteiger partial charge is 0.275 e.